The Bertz CT molecular complexity index is 1240. The van der Waals surface area contributed by atoms with E-state index in [4.69, 9.17) is 4.74 Å². The van der Waals surface area contributed by atoms with Gasteiger partial charge in [-0.2, -0.15) is 5.10 Å². The lowest BCUT2D eigenvalue weighted by atomic mass is 10.2. The number of fused-ring (bicyclic) bond motifs is 1. The van der Waals surface area contributed by atoms with Crippen LogP contribution < -0.4 is 5.56 Å². The summed E-state index contributed by atoms with van der Waals surface area (Å²) in [5.74, 6) is 0.597. The van der Waals surface area contributed by atoms with Crippen LogP contribution in [0, 0.1) is 0 Å². The minimum atomic E-state index is -0.266. The van der Waals surface area contributed by atoms with Crippen molar-refractivity contribution in [2.45, 2.75) is 12.8 Å². The van der Waals surface area contributed by atoms with Crippen molar-refractivity contribution in [2.75, 3.05) is 59.0 Å². The minimum Gasteiger partial charge on any atom is -0.378 e. The molecule has 0 aliphatic carbocycles. The fourth-order valence-corrected chi connectivity index (χ4v) is 4.48. The topological polar surface area (TPSA) is 117 Å². The van der Waals surface area contributed by atoms with Crippen LogP contribution >= 0.6 is 0 Å². The lowest BCUT2D eigenvalue weighted by molar-refractivity contribution is -0.137. The number of nitrogens with zero attached hydrogens (tertiary/aromatic N) is 6. The van der Waals surface area contributed by atoms with Crippen molar-refractivity contribution in [2.24, 2.45) is 0 Å². The van der Waals surface area contributed by atoms with Crippen LogP contribution in [0.15, 0.2) is 41.3 Å². The number of aromatic nitrogens is 4. The molecular formula is C24H29N7O4. The molecule has 184 valence electrons. The van der Waals surface area contributed by atoms with Crippen LogP contribution in [0.4, 0.5) is 0 Å². The molecule has 35 heavy (non-hydrogen) atoms. The summed E-state index contributed by atoms with van der Waals surface area (Å²) in [5, 5.41) is 4.72. The van der Waals surface area contributed by atoms with Gasteiger partial charge in [-0.15, -0.1) is 0 Å². The number of carbonyl (C=O) groups is 2. The van der Waals surface area contributed by atoms with Gasteiger partial charge in [0.25, 0.3) is 5.56 Å². The van der Waals surface area contributed by atoms with Crippen molar-refractivity contribution in [1.82, 2.24) is 34.4 Å². The first kappa shape index (κ1) is 23.2. The Kier molecular flexibility index (Phi) is 6.87. The molecule has 2 amide bonds. The summed E-state index contributed by atoms with van der Waals surface area (Å²) in [6, 6.07) is 9.50. The van der Waals surface area contributed by atoms with Crippen LogP contribution in [-0.4, -0.2) is 105 Å². The number of piperazine rings is 1. The first-order valence-electron chi connectivity index (χ1n) is 12.0. The Morgan fingerprint density at radius 1 is 0.943 bits per heavy atom. The van der Waals surface area contributed by atoms with E-state index in [0.717, 1.165) is 5.69 Å². The maximum atomic E-state index is 12.8. The van der Waals surface area contributed by atoms with Crippen molar-refractivity contribution in [3.63, 3.8) is 0 Å². The van der Waals surface area contributed by atoms with Gasteiger partial charge < -0.3 is 19.5 Å². The summed E-state index contributed by atoms with van der Waals surface area (Å²) < 4.78 is 6.94. The van der Waals surface area contributed by atoms with Crippen LogP contribution in [0.25, 0.3) is 16.7 Å². The molecule has 4 heterocycles. The average molecular weight is 480 g/mol. The molecule has 11 heteroatoms. The van der Waals surface area contributed by atoms with E-state index in [1.165, 1.54) is 6.20 Å². The number of hydrogen-bond donors (Lipinski definition) is 1. The highest BCUT2D eigenvalue weighted by Crippen LogP contribution is 2.14. The van der Waals surface area contributed by atoms with Crippen LogP contribution in [0.1, 0.15) is 12.2 Å². The molecule has 2 saturated heterocycles. The van der Waals surface area contributed by atoms with E-state index >= 15 is 0 Å². The van der Waals surface area contributed by atoms with Gasteiger partial charge in [0, 0.05) is 52.1 Å². The molecule has 2 fully saturated rings. The molecule has 0 saturated carbocycles. The number of amides is 2. The van der Waals surface area contributed by atoms with Crippen molar-refractivity contribution in [3.8, 4) is 5.69 Å². The van der Waals surface area contributed by atoms with E-state index in [1.54, 1.807) is 4.68 Å². The van der Waals surface area contributed by atoms with Gasteiger partial charge >= 0.3 is 0 Å². The highest BCUT2D eigenvalue weighted by Gasteiger charge is 2.25. The molecule has 2 aliphatic heterocycles. The van der Waals surface area contributed by atoms with Crippen molar-refractivity contribution in [1.29, 1.82) is 0 Å². The fourth-order valence-electron chi connectivity index (χ4n) is 4.48. The predicted octanol–water partition coefficient (Wildman–Crippen LogP) is 0.0444. The van der Waals surface area contributed by atoms with Gasteiger partial charge in [-0.05, 0) is 12.1 Å². The highest BCUT2D eigenvalue weighted by molar-refractivity contribution is 5.79. The van der Waals surface area contributed by atoms with Gasteiger partial charge in [0.1, 0.15) is 11.2 Å². The average Bonchev–Trinajstić information content (AvgIpc) is 3.33. The molecule has 2 aliphatic rings. The summed E-state index contributed by atoms with van der Waals surface area (Å²) in [6.45, 7) is 5.35. The van der Waals surface area contributed by atoms with Crippen molar-refractivity contribution >= 4 is 22.8 Å². The summed E-state index contributed by atoms with van der Waals surface area (Å²) in [5.41, 5.74) is 1.02. The third-order valence-electron chi connectivity index (χ3n) is 6.51. The van der Waals surface area contributed by atoms with Crippen LogP contribution in [0.2, 0.25) is 0 Å². The standard InChI is InChI=1S/C24H29N7O4/c32-21(29-10-8-28(9-11-29)17-22(33)30-12-14-35-15-13-30)7-6-20-26-23-19(24(34)27-20)16-25-31(23)18-4-2-1-3-5-18/h1-5,16H,6-15,17H2,(H,26,27,34). The largest absolute Gasteiger partial charge is 0.378 e. The number of hydrogen-bond acceptors (Lipinski definition) is 7. The molecular weight excluding hydrogens is 450 g/mol. The van der Waals surface area contributed by atoms with Gasteiger partial charge in [-0.1, -0.05) is 18.2 Å². The smallest absolute Gasteiger partial charge is 0.262 e. The Morgan fingerprint density at radius 2 is 1.66 bits per heavy atom. The molecule has 0 radical (unpaired) electrons. The molecule has 1 N–H and O–H groups in total. The Balaban J connectivity index is 1.16. The second-order valence-electron chi connectivity index (χ2n) is 8.79. The summed E-state index contributed by atoms with van der Waals surface area (Å²) in [7, 11) is 0. The molecule has 0 bridgehead atoms. The monoisotopic (exact) mass is 479 g/mol. The summed E-state index contributed by atoms with van der Waals surface area (Å²) >= 11 is 0. The van der Waals surface area contributed by atoms with Crippen molar-refractivity contribution in [3.05, 3.63) is 52.7 Å². The Morgan fingerprint density at radius 3 is 2.40 bits per heavy atom. The van der Waals surface area contributed by atoms with Gasteiger partial charge in [0.05, 0.1) is 31.6 Å². The summed E-state index contributed by atoms with van der Waals surface area (Å²) in [6.07, 6.45) is 2.09. The number of benzene rings is 1. The number of morpholine rings is 1. The second kappa shape index (κ2) is 10.4. The maximum Gasteiger partial charge on any atom is 0.262 e. The van der Waals surface area contributed by atoms with Gasteiger partial charge in [-0.25, -0.2) is 9.67 Å². The maximum absolute atomic E-state index is 12.8. The Labute approximate surface area is 202 Å². The van der Waals surface area contributed by atoms with E-state index in [9.17, 15) is 14.4 Å². The molecule has 2 aromatic heterocycles. The number of aromatic amines is 1. The fraction of sp³-hybridized carbons (Fsp3) is 0.458. The SMILES string of the molecule is O=C(CCc1nc2c(cnn2-c2ccccc2)c(=O)[nH]1)N1CCN(CC(=O)N2CCOCC2)CC1. The van der Waals surface area contributed by atoms with Crippen LogP contribution in [-0.2, 0) is 20.7 Å². The molecule has 0 unspecified atom stereocenters. The number of H-pyrrole nitrogens is 1. The van der Waals surface area contributed by atoms with E-state index in [1.807, 2.05) is 40.1 Å². The van der Waals surface area contributed by atoms with Gasteiger partial charge in [-0.3, -0.25) is 19.3 Å². The number of rotatable bonds is 6. The molecule has 1 aromatic carbocycles. The zero-order valence-corrected chi connectivity index (χ0v) is 19.6. The summed E-state index contributed by atoms with van der Waals surface area (Å²) in [4.78, 5) is 51.0. The van der Waals surface area contributed by atoms with E-state index in [-0.39, 0.29) is 23.8 Å². The Hall–Kier alpha value is -3.57. The van der Waals surface area contributed by atoms with Gasteiger partial charge in [0.2, 0.25) is 11.8 Å². The molecule has 5 rings (SSSR count). The zero-order valence-electron chi connectivity index (χ0n) is 19.6. The molecule has 0 spiro atoms. The lowest BCUT2D eigenvalue weighted by Gasteiger charge is -2.36. The first-order valence-corrected chi connectivity index (χ1v) is 12.0. The van der Waals surface area contributed by atoms with Gasteiger partial charge in [0.15, 0.2) is 5.65 Å². The third kappa shape index (κ3) is 5.25. The molecule has 11 nitrogen and oxygen atoms in total. The normalized spacial score (nSPS) is 17.1. The zero-order chi connectivity index (χ0) is 24.2. The first-order chi connectivity index (χ1) is 17.1. The number of aryl methyl sites for hydroxylation is 1. The van der Waals surface area contributed by atoms with E-state index in [2.05, 4.69) is 20.0 Å². The molecule has 3 aromatic rings. The third-order valence-corrected chi connectivity index (χ3v) is 6.51. The van der Waals surface area contributed by atoms with Crippen molar-refractivity contribution < 1.29 is 14.3 Å². The van der Waals surface area contributed by atoms with E-state index < -0.39 is 0 Å². The predicted molar refractivity (Wildman–Crippen MR) is 128 cm³/mol. The second-order valence-corrected chi connectivity index (χ2v) is 8.79. The number of nitrogens with one attached hydrogen (secondary N) is 1. The number of carbonyl (C=O) groups excluding carboxylic acids is 2. The lowest BCUT2D eigenvalue weighted by Crippen LogP contribution is -2.52. The highest BCUT2D eigenvalue weighted by atomic mass is 16.5. The number of ether oxygens (including phenoxy) is 1. The minimum absolute atomic E-state index is 0.0171. The molecule has 0 atom stereocenters. The van der Waals surface area contributed by atoms with Crippen LogP contribution in [0.3, 0.4) is 0 Å². The quantitative estimate of drug-likeness (QED) is 0.531. The number of para-hydroxylation sites is 1. The van der Waals surface area contributed by atoms with E-state index in [0.29, 0.717) is 82.3 Å². The van der Waals surface area contributed by atoms with Crippen LogP contribution in [0.5, 0.6) is 0 Å².